The molecule has 82 valence electrons. The predicted molar refractivity (Wildman–Crippen MR) is 69.9 cm³/mol. The molecule has 0 radical (unpaired) electrons. The summed E-state index contributed by atoms with van der Waals surface area (Å²) in [5.41, 5.74) is 6.17. The van der Waals surface area contributed by atoms with Crippen molar-refractivity contribution in [2.45, 2.75) is 6.92 Å². The van der Waals surface area contributed by atoms with Crippen LogP contribution in [0, 0.1) is 0 Å². The van der Waals surface area contributed by atoms with Crippen molar-refractivity contribution in [2.75, 3.05) is 11.9 Å². The summed E-state index contributed by atoms with van der Waals surface area (Å²) in [4.78, 5) is 3.98. The molecule has 0 aliphatic heterocycles. The minimum atomic E-state index is 0.295. The normalized spacial score (nSPS) is 11.6. The average Bonchev–Trinajstić information content (AvgIpc) is 2.11. The van der Waals surface area contributed by atoms with Crippen molar-refractivity contribution in [3.05, 3.63) is 26.7 Å². The molecule has 0 fully saturated rings. The largest absolute Gasteiger partial charge is 0.370 e. The van der Waals surface area contributed by atoms with E-state index < -0.39 is 0 Å². The van der Waals surface area contributed by atoms with Crippen molar-refractivity contribution in [1.29, 1.82) is 0 Å². The van der Waals surface area contributed by atoms with Gasteiger partial charge in [-0.05, 0) is 19.1 Å². The van der Waals surface area contributed by atoms with Crippen LogP contribution in [0.5, 0.6) is 0 Å². The van der Waals surface area contributed by atoms with Crippen LogP contribution in [0.2, 0.25) is 10.0 Å². The van der Waals surface area contributed by atoms with Crippen molar-refractivity contribution in [1.82, 2.24) is 0 Å². The molecule has 0 saturated carbocycles. The van der Waals surface area contributed by atoms with Crippen LogP contribution in [0.15, 0.2) is 21.6 Å². The van der Waals surface area contributed by atoms with Gasteiger partial charge in [-0.25, -0.2) is 0 Å². The van der Waals surface area contributed by atoms with Crippen LogP contribution in [-0.4, -0.2) is 12.5 Å². The summed E-state index contributed by atoms with van der Waals surface area (Å²) in [7, 11) is 0. The van der Waals surface area contributed by atoms with E-state index in [1.807, 2.05) is 6.92 Å². The first-order chi connectivity index (χ1) is 7.04. The highest BCUT2D eigenvalue weighted by atomic mass is 79.9. The van der Waals surface area contributed by atoms with Crippen LogP contribution in [0.1, 0.15) is 6.92 Å². The molecule has 1 rings (SSSR count). The van der Waals surface area contributed by atoms with E-state index in [9.17, 15) is 0 Å². The lowest BCUT2D eigenvalue weighted by molar-refractivity contribution is 1.12. The summed E-state index contributed by atoms with van der Waals surface area (Å²) in [6.45, 7) is 2.49. The number of guanidine groups is 1. The third kappa shape index (κ3) is 3.55. The summed E-state index contributed by atoms with van der Waals surface area (Å²) in [6, 6.07) is 3.46. The van der Waals surface area contributed by atoms with Gasteiger partial charge in [-0.15, -0.1) is 0 Å². The number of benzene rings is 1. The fourth-order valence-corrected chi connectivity index (χ4v) is 2.30. The lowest BCUT2D eigenvalue weighted by Gasteiger charge is -2.09. The van der Waals surface area contributed by atoms with Crippen LogP contribution < -0.4 is 11.1 Å². The molecule has 15 heavy (non-hydrogen) atoms. The van der Waals surface area contributed by atoms with Crippen molar-refractivity contribution in [3.8, 4) is 0 Å². The van der Waals surface area contributed by atoms with E-state index in [0.717, 1.165) is 4.47 Å². The molecule has 3 nitrogen and oxygen atoms in total. The molecule has 0 aromatic heterocycles. The summed E-state index contributed by atoms with van der Waals surface area (Å²) in [6.07, 6.45) is 0. The fourth-order valence-electron chi connectivity index (χ4n) is 1.000. The smallest absolute Gasteiger partial charge is 0.193 e. The first-order valence-corrected chi connectivity index (χ1v) is 5.81. The standard InChI is InChI=1S/C9H10BrCl2N3/c1-2-14-9(13)15-8-6(11)3-5(10)4-7(8)12/h3-4H,2H2,1H3,(H3,13,14,15). The Morgan fingerprint density at radius 3 is 2.47 bits per heavy atom. The van der Waals surface area contributed by atoms with Gasteiger partial charge in [0.2, 0.25) is 0 Å². The maximum absolute atomic E-state index is 5.99. The molecule has 0 aliphatic carbocycles. The zero-order valence-electron chi connectivity index (χ0n) is 8.02. The third-order valence-electron chi connectivity index (χ3n) is 1.59. The van der Waals surface area contributed by atoms with Gasteiger partial charge in [-0.3, -0.25) is 4.99 Å². The molecule has 6 heteroatoms. The van der Waals surface area contributed by atoms with Gasteiger partial charge in [0.25, 0.3) is 0 Å². The van der Waals surface area contributed by atoms with Crippen molar-refractivity contribution >= 4 is 50.8 Å². The van der Waals surface area contributed by atoms with Gasteiger partial charge in [-0.1, -0.05) is 39.1 Å². The summed E-state index contributed by atoms with van der Waals surface area (Å²) >= 11 is 15.3. The third-order valence-corrected chi connectivity index (χ3v) is 2.64. The molecule has 0 saturated heterocycles. The highest BCUT2D eigenvalue weighted by Crippen LogP contribution is 2.33. The second-order valence-corrected chi connectivity index (χ2v) is 4.46. The molecule has 1 aromatic carbocycles. The SMILES string of the molecule is CCN=C(N)Nc1c(Cl)cc(Br)cc1Cl. The lowest BCUT2D eigenvalue weighted by Crippen LogP contribution is -2.23. The van der Waals surface area contributed by atoms with E-state index in [-0.39, 0.29) is 0 Å². The van der Waals surface area contributed by atoms with E-state index in [2.05, 4.69) is 26.2 Å². The highest BCUT2D eigenvalue weighted by Gasteiger charge is 2.07. The Balaban J connectivity index is 3.00. The van der Waals surface area contributed by atoms with E-state index in [0.29, 0.717) is 28.2 Å². The van der Waals surface area contributed by atoms with Gasteiger partial charge in [0.1, 0.15) is 0 Å². The van der Waals surface area contributed by atoms with Gasteiger partial charge in [0.05, 0.1) is 15.7 Å². The maximum Gasteiger partial charge on any atom is 0.193 e. The van der Waals surface area contributed by atoms with Crippen LogP contribution >= 0.6 is 39.1 Å². The monoisotopic (exact) mass is 309 g/mol. The van der Waals surface area contributed by atoms with Crippen LogP contribution in [-0.2, 0) is 0 Å². The van der Waals surface area contributed by atoms with E-state index in [4.69, 9.17) is 28.9 Å². The number of hydrogen-bond donors (Lipinski definition) is 2. The molecule has 0 amide bonds. The first-order valence-electron chi connectivity index (χ1n) is 4.26. The van der Waals surface area contributed by atoms with Gasteiger partial charge in [-0.2, -0.15) is 0 Å². The Bertz CT molecular complexity index is 370. The minimum Gasteiger partial charge on any atom is -0.370 e. The van der Waals surface area contributed by atoms with Crippen molar-refractivity contribution in [2.24, 2.45) is 10.7 Å². The van der Waals surface area contributed by atoms with Gasteiger partial charge < -0.3 is 11.1 Å². The van der Waals surface area contributed by atoms with Gasteiger partial charge in [0, 0.05) is 11.0 Å². The second kappa shape index (κ2) is 5.58. The quantitative estimate of drug-likeness (QED) is 0.649. The Kier molecular flexibility index (Phi) is 4.70. The molecular formula is C9H10BrCl2N3. The molecule has 0 unspecified atom stereocenters. The topological polar surface area (TPSA) is 50.4 Å². The van der Waals surface area contributed by atoms with Crippen LogP contribution in [0.25, 0.3) is 0 Å². The molecule has 0 atom stereocenters. The Morgan fingerprint density at radius 2 is 2.00 bits per heavy atom. The molecule has 0 aliphatic rings. The average molecular weight is 311 g/mol. The molecule has 0 spiro atoms. The Morgan fingerprint density at radius 1 is 1.47 bits per heavy atom. The second-order valence-electron chi connectivity index (χ2n) is 2.73. The number of nitrogens with two attached hydrogens (primary N) is 1. The van der Waals surface area contributed by atoms with E-state index in [1.54, 1.807) is 12.1 Å². The number of aliphatic imine (C=N–C) groups is 1. The number of anilines is 1. The molecular weight excluding hydrogens is 301 g/mol. The minimum absolute atomic E-state index is 0.295. The maximum atomic E-state index is 5.99. The van der Waals surface area contributed by atoms with Crippen LogP contribution in [0.3, 0.4) is 0 Å². The van der Waals surface area contributed by atoms with E-state index >= 15 is 0 Å². The number of hydrogen-bond acceptors (Lipinski definition) is 1. The number of nitrogens with zero attached hydrogens (tertiary/aromatic N) is 1. The highest BCUT2D eigenvalue weighted by molar-refractivity contribution is 9.10. The fraction of sp³-hybridized carbons (Fsp3) is 0.222. The zero-order valence-corrected chi connectivity index (χ0v) is 11.1. The van der Waals surface area contributed by atoms with Gasteiger partial charge in [0.15, 0.2) is 5.96 Å². The van der Waals surface area contributed by atoms with Gasteiger partial charge >= 0.3 is 0 Å². The number of nitrogens with one attached hydrogen (secondary N) is 1. The molecule has 0 heterocycles. The Hall–Kier alpha value is -0.450. The van der Waals surface area contributed by atoms with E-state index in [1.165, 1.54) is 0 Å². The summed E-state index contributed by atoms with van der Waals surface area (Å²) in [5.74, 6) is 0.295. The molecule has 3 N–H and O–H groups in total. The van der Waals surface area contributed by atoms with Crippen molar-refractivity contribution < 1.29 is 0 Å². The molecule has 0 bridgehead atoms. The number of halogens is 3. The first kappa shape index (κ1) is 12.6. The predicted octanol–water partition coefficient (Wildman–Crippen LogP) is 3.50. The summed E-state index contributed by atoms with van der Waals surface area (Å²) < 4.78 is 0.814. The summed E-state index contributed by atoms with van der Waals surface area (Å²) in [5, 5.41) is 3.83. The number of rotatable bonds is 2. The zero-order chi connectivity index (χ0) is 11.4. The van der Waals surface area contributed by atoms with Crippen molar-refractivity contribution in [3.63, 3.8) is 0 Å². The molecule has 1 aromatic rings. The van der Waals surface area contributed by atoms with Crippen LogP contribution in [0.4, 0.5) is 5.69 Å². The lowest BCUT2D eigenvalue weighted by atomic mass is 10.3. The Labute approximate surface area is 107 Å².